The Labute approximate surface area is 174 Å². The van der Waals surface area contributed by atoms with E-state index in [0.717, 1.165) is 36.1 Å². The first-order valence-electron chi connectivity index (χ1n) is 10.1. The molecule has 5 nitrogen and oxygen atoms in total. The van der Waals surface area contributed by atoms with Gasteiger partial charge < -0.3 is 5.32 Å². The van der Waals surface area contributed by atoms with Gasteiger partial charge in [0, 0.05) is 24.3 Å². The molecule has 1 aliphatic rings. The number of anilines is 1. The molecular weight excluding hydrogens is 384 g/mol. The van der Waals surface area contributed by atoms with Crippen molar-refractivity contribution in [3.63, 3.8) is 0 Å². The zero-order chi connectivity index (χ0) is 21.2. The van der Waals surface area contributed by atoms with Crippen LogP contribution in [0.15, 0.2) is 47.4 Å². The van der Waals surface area contributed by atoms with E-state index < -0.39 is 10.0 Å². The normalized spacial score (nSPS) is 15.9. The molecule has 0 bridgehead atoms. The van der Waals surface area contributed by atoms with Gasteiger partial charge >= 0.3 is 0 Å². The van der Waals surface area contributed by atoms with Crippen LogP contribution in [0.2, 0.25) is 0 Å². The monoisotopic (exact) mass is 414 g/mol. The van der Waals surface area contributed by atoms with Gasteiger partial charge in [-0.25, -0.2) is 8.42 Å². The van der Waals surface area contributed by atoms with E-state index in [1.54, 1.807) is 12.1 Å². The lowest BCUT2D eigenvalue weighted by Gasteiger charge is -2.26. The molecule has 0 spiro atoms. The van der Waals surface area contributed by atoms with Gasteiger partial charge in [0.25, 0.3) is 5.91 Å². The fourth-order valence-corrected chi connectivity index (χ4v) is 5.24. The molecular formula is C23H30N2O3S. The minimum atomic E-state index is -3.59. The minimum absolute atomic E-state index is 0.127. The fraction of sp³-hybridized carbons (Fsp3) is 0.435. The maximum atomic E-state index is 13.1. The van der Waals surface area contributed by atoms with Crippen molar-refractivity contribution in [2.45, 2.75) is 57.3 Å². The molecule has 1 aliphatic heterocycles. The molecule has 0 aliphatic carbocycles. The van der Waals surface area contributed by atoms with E-state index in [0.29, 0.717) is 18.7 Å². The smallest absolute Gasteiger partial charge is 0.255 e. The summed E-state index contributed by atoms with van der Waals surface area (Å²) in [7, 11) is -3.59. The van der Waals surface area contributed by atoms with Crippen LogP contribution in [0.3, 0.4) is 0 Å². The van der Waals surface area contributed by atoms with Gasteiger partial charge in [-0.05, 0) is 54.5 Å². The largest absolute Gasteiger partial charge is 0.322 e. The molecule has 1 N–H and O–H groups in total. The molecule has 29 heavy (non-hydrogen) atoms. The molecule has 0 radical (unpaired) electrons. The molecule has 2 aromatic carbocycles. The summed E-state index contributed by atoms with van der Waals surface area (Å²) in [6, 6.07) is 12.5. The number of carbonyl (C=O) groups excluding carboxylic acids is 1. The fourth-order valence-electron chi connectivity index (χ4n) is 3.70. The highest BCUT2D eigenvalue weighted by Crippen LogP contribution is 2.30. The van der Waals surface area contributed by atoms with Crippen molar-refractivity contribution in [2.24, 2.45) is 0 Å². The maximum Gasteiger partial charge on any atom is 0.255 e. The van der Waals surface area contributed by atoms with Crippen LogP contribution in [0, 0.1) is 6.92 Å². The van der Waals surface area contributed by atoms with Gasteiger partial charge in [-0.2, -0.15) is 4.31 Å². The van der Waals surface area contributed by atoms with Gasteiger partial charge in [0.2, 0.25) is 10.0 Å². The van der Waals surface area contributed by atoms with E-state index in [1.807, 2.05) is 31.2 Å². The molecule has 1 amide bonds. The van der Waals surface area contributed by atoms with Crippen molar-refractivity contribution < 1.29 is 13.2 Å². The Morgan fingerprint density at radius 2 is 1.66 bits per heavy atom. The highest BCUT2D eigenvalue weighted by atomic mass is 32.2. The molecule has 0 saturated carbocycles. The Bertz CT molecular complexity index is 1000. The molecule has 3 rings (SSSR count). The lowest BCUT2D eigenvalue weighted by Crippen LogP contribution is -2.35. The summed E-state index contributed by atoms with van der Waals surface area (Å²) in [5.74, 6) is -0.296. The third-order valence-electron chi connectivity index (χ3n) is 5.39. The Balaban J connectivity index is 1.92. The minimum Gasteiger partial charge on any atom is -0.322 e. The number of rotatable bonds is 4. The second-order valence-corrected chi connectivity index (χ2v) is 10.6. The predicted octanol–water partition coefficient (Wildman–Crippen LogP) is 4.72. The number of hydrogen-bond acceptors (Lipinski definition) is 3. The number of sulfonamides is 1. The summed E-state index contributed by atoms with van der Waals surface area (Å²) in [6.45, 7) is 9.18. The average molecular weight is 415 g/mol. The van der Waals surface area contributed by atoms with Crippen molar-refractivity contribution in [1.82, 2.24) is 4.31 Å². The zero-order valence-corrected chi connectivity index (χ0v) is 18.5. The van der Waals surface area contributed by atoms with Crippen LogP contribution in [0.1, 0.15) is 61.5 Å². The number of para-hydroxylation sites is 1. The Morgan fingerprint density at radius 1 is 1.00 bits per heavy atom. The van der Waals surface area contributed by atoms with Gasteiger partial charge in [0.1, 0.15) is 0 Å². The molecule has 0 atom stereocenters. The second-order valence-electron chi connectivity index (χ2n) is 8.69. The molecule has 1 heterocycles. The maximum absolute atomic E-state index is 13.1. The van der Waals surface area contributed by atoms with Crippen LogP contribution >= 0.6 is 0 Å². The topological polar surface area (TPSA) is 66.5 Å². The number of nitrogens with one attached hydrogen (secondary N) is 1. The molecule has 1 fully saturated rings. The summed E-state index contributed by atoms with van der Waals surface area (Å²) >= 11 is 0. The summed E-state index contributed by atoms with van der Waals surface area (Å²) in [4.78, 5) is 13.2. The third kappa shape index (κ3) is 4.70. The van der Waals surface area contributed by atoms with E-state index >= 15 is 0 Å². The lowest BCUT2D eigenvalue weighted by atomic mass is 9.86. The predicted molar refractivity (Wildman–Crippen MR) is 117 cm³/mol. The number of carbonyl (C=O) groups is 1. The van der Waals surface area contributed by atoms with Crippen LogP contribution in [0.5, 0.6) is 0 Å². The van der Waals surface area contributed by atoms with E-state index in [1.165, 1.54) is 10.4 Å². The van der Waals surface area contributed by atoms with E-state index in [4.69, 9.17) is 0 Å². The van der Waals surface area contributed by atoms with Gasteiger partial charge in [-0.1, -0.05) is 51.5 Å². The van der Waals surface area contributed by atoms with Crippen LogP contribution in [0.25, 0.3) is 0 Å². The lowest BCUT2D eigenvalue weighted by molar-refractivity contribution is 0.102. The first-order chi connectivity index (χ1) is 13.6. The first-order valence-corrected chi connectivity index (χ1v) is 11.6. The molecule has 6 heteroatoms. The summed E-state index contributed by atoms with van der Waals surface area (Å²) < 4.78 is 27.5. The Kier molecular flexibility index (Phi) is 6.15. The van der Waals surface area contributed by atoms with E-state index in [2.05, 4.69) is 26.1 Å². The van der Waals surface area contributed by atoms with E-state index in [9.17, 15) is 13.2 Å². The SMILES string of the molecule is Cc1ccc(S(=O)(=O)N2CCCCC2)cc1C(=O)Nc1ccccc1C(C)(C)C. The zero-order valence-electron chi connectivity index (χ0n) is 17.7. The van der Waals surface area contributed by atoms with Gasteiger partial charge in [0.05, 0.1) is 4.90 Å². The van der Waals surface area contributed by atoms with Gasteiger partial charge in [-0.15, -0.1) is 0 Å². The van der Waals surface area contributed by atoms with Gasteiger partial charge in [-0.3, -0.25) is 4.79 Å². The van der Waals surface area contributed by atoms with Crippen LogP contribution in [-0.2, 0) is 15.4 Å². The summed E-state index contributed by atoms with van der Waals surface area (Å²) in [5.41, 5.74) is 2.77. The quantitative estimate of drug-likeness (QED) is 0.787. The molecule has 1 saturated heterocycles. The summed E-state index contributed by atoms with van der Waals surface area (Å²) in [5, 5.41) is 2.99. The Hall–Kier alpha value is -2.18. The molecule has 0 aromatic heterocycles. The van der Waals surface area contributed by atoms with Crippen LogP contribution in [-0.4, -0.2) is 31.7 Å². The first kappa shape index (κ1) is 21.5. The average Bonchev–Trinajstić information content (AvgIpc) is 2.68. The molecule has 156 valence electrons. The number of nitrogens with zero attached hydrogens (tertiary/aromatic N) is 1. The van der Waals surface area contributed by atoms with Crippen molar-refractivity contribution in [3.8, 4) is 0 Å². The van der Waals surface area contributed by atoms with Crippen LogP contribution in [0.4, 0.5) is 5.69 Å². The number of hydrogen-bond donors (Lipinski definition) is 1. The van der Waals surface area contributed by atoms with Gasteiger partial charge in [0.15, 0.2) is 0 Å². The van der Waals surface area contributed by atoms with Crippen LogP contribution < -0.4 is 5.32 Å². The van der Waals surface area contributed by atoms with E-state index in [-0.39, 0.29) is 16.2 Å². The number of aryl methyl sites for hydroxylation is 1. The summed E-state index contributed by atoms with van der Waals surface area (Å²) in [6.07, 6.45) is 2.81. The second kappa shape index (κ2) is 8.28. The number of amides is 1. The van der Waals surface area contributed by atoms with Crippen molar-refractivity contribution in [2.75, 3.05) is 18.4 Å². The highest BCUT2D eigenvalue weighted by molar-refractivity contribution is 7.89. The third-order valence-corrected chi connectivity index (χ3v) is 7.28. The number of benzene rings is 2. The Morgan fingerprint density at radius 3 is 2.31 bits per heavy atom. The molecule has 2 aromatic rings. The van der Waals surface area contributed by atoms with Crippen molar-refractivity contribution >= 4 is 21.6 Å². The molecule has 0 unspecified atom stereocenters. The van der Waals surface area contributed by atoms with Crippen molar-refractivity contribution in [3.05, 3.63) is 59.2 Å². The standard InChI is InChI=1S/C23H30N2O3S/c1-17-12-13-18(29(27,28)25-14-8-5-9-15-25)16-19(17)22(26)24-21-11-7-6-10-20(21)23(2,3)4/h6-7,10-13,16H,5,8-9,14-15H2,1-4H3,(H,24,26). The number of piperidine rings is 1. The van der Waals surface area contributed by atoms with Crippen molar-refractivity contribution in [1.29, 1.82) is 0 Å². The highest BCUT2D eigenvalue weighted by Gasteiger charge is 2.27.